The zero-order valence-corrected chi connectivity index (χ0v) is 27.3. The van der Waals surface area contributed by atoms with Crippen LogP contribution in [0.5, 0.6) is 0 Å². The number of nitrogens with zero attached hydrogens (tertiary/aromatic N) is 4. The highest BCUT2D eigenvalue weighted by Gasteiger charge is 2.36. The molecule has 0 unspecified atom stereocenters. The van der Waals surface area contributed by atoms with E-state index in [1.54, 1.807) is 12.1 Å². The zero-order valence-electron chi connectivity index (χ0n) is 26.3. The Hall–Kier alpha value is -5.18. The van der Waals surface area contributed by atoms with E-state index in [4.69, 9.17) is 15.0 Å². The molecule has 1 heterocycles. The van der Waals surface area contributed by atoms with Crippen molar-refractivity contribution in [2.45, 2.75) is 38.9 Å². The van der Waals surface area contributed by atoms with Gasteiger partial charge in [0.25, 0.3) is 0 Å². The monoisotopic (exact) mass is 598 g/mol. The Morgan fingerprint density at radius 2 is 1.04 bits per heavy atom. The molecule has 7 rings (SSSR count). The molecule has 1 aromatic heterocycles. The molecule has 45 heavy (non-hydrogen) atoms. The second-order valence-electron chi connectivity index (χ2n) is 13.3. The molecule has 5 aromatic carbocycles. The van der Waals surface area contributed by atoms with Gasteiger partial charge in [-0.25, -0.2) is 15.0 Å². The van der Waals surface area contributed by atoms with Crippen molar-refractivity contribution < 1.29 is 0 Å². The summed E-state index contributed by atoms with van der Waals surface area (Å²) in [6, 6.07) is 42.0. The number of fused-ring (bicyclic) bond motifs is 3. The fraction of sp³-hybridized carbons (Fsp3) is 0.150. The number of hydrogen-bond donors (Lipinski definition) is 0. The predicted molar refractivity (Wildman–Crippen MR) is 187 cm³/mol. The van der Waals surface area contributed by atoms with E-state index in [1.807, 2.05) is 42.5 Å². The molecule has 0 spiro atoms. The first-order valence-electron chi connectivity index (χ1n) is 15.3. The summed E-state index contributed by atoms with van der Waals surface area (Å²) in [5.74, 6) is 1.79. The maximum Gasteiger partial charge on any atom is 0.164 e. The van der Waals surface area contributed by atoms with Gasteiger partial charge in [-0.15, -0.1) is 0 Å². The van der Waals surface area contributed by atoms with Crippen LogP contribution in [0.1, 0.15) is 30.5 Å². The van der Waals surface area contributed by atoms with Crippen molar-refractivity contribution in [2.75, 3.05) is 0 Å². The molecular weight excluding hydrogens is 565 g/mol. The van der Waals surface area contributed by atoms with Crippen molar-refractivity contribution in [3.63, 3.8) is 0 Å². The van der Waals surface area contributed by atoms with Gasteiger partial charge < -0.3 is 0 Å². The van der Waals surface area contributed by atoms with Gasteiger partial charge in [0.2, 0.25) is 0 Å². The molecule has 1 aliphatic carbocycles. The summed E-state index contributed by atoms with van der Waals surface area (Å²) in [6.45, 7) is 12.0. The van der Waals surface area contributed by atoms with E-state index >= 15 is 0 Å². The lowest BCUT2D eigenvalue weighted by Crippen LogP contribution is -2.38. The van der Waals surface area contributed by atoms with Gasteiger partial charge in [-0.2, -0.15) is 5.26 Å². The summed E-state index contributed by atoms with van der Waals surface area (Å²) in [5, 5.41) is 10.8. The minimum Gasteiger partial charge on any atom is -0.208 e. The number of benzene rings is 5. The van der Waals surface area contributed by atoms with Crippen molar-refractivity contribution in [1.82, 2.24) is 15.0 Å². The van der Waals surface area contributed by atoms with Crippen LogP contribution < -0.4 is 5.19 Å². The Balaban J connectivity index is 1.31. The van der Waals surface area contributed by atoms with Crippen molar-refractivity contribution in [3.05, 3.63) is 132 Å². The molecule has 0 saturated heterocycles. The third kappa shape index (κ3) is 5.18. The van der Waals surface area contributed by atoms with Gasteiger partial charge >= 0.3 is 0 Å². The fourth-order valence-corrected chi connectivity index (χ4v) is 7.43. The van der Waals surface area contributed by atoms with E-state index in [0.29, 0.717) is 23.0 Å². The van der Waals surface area contributed by atoms with Crippen molar-refractivity contribution >= 4 is 13.3 Å². The lowest BCUT2D eigenvalue weighted by Gasteiger charge is -2.24. The lowest BCUT2D eigenvalue weighted by atomic mass is 9.81. The van der Waals surface area contributed by atoms with Crippen LogP contribution in [-0.2, 0) is 5.41 Å². The van der Waals surface area contributed by atoms with Crippen molar-refractivity contribution in [1.29, 1.82) is 5.26 Å². The molecule has 0 radical (unpaired) electrons. The molecule has 0 N–H and O–H groups in total. The molecule has 0 aliphatic heterocycles. The molecule has 218 valence electrons. The Morgan fingerprint density at radius 1 is 0.533 bits per heavy atom. The second-order valence-corrected chi connectivity index (χ2v) is 18.4. The van der Waals surface area contributed by atoms with Crippen molar-refractivity contribution in [2.24, 2.45) is 0 Å². The Labute approximate surface area is 266 Å². The van der Waals surface area contributed by atoms with E-state index in [9.17, 15) is 5.26 Å². The highest BCUT2D eigenvalue weighted by Crippen LogP contribution is 2.49. The van der Waals surface area contributed by atoms with Crippen LogP contribution in [0.2, 0.25) is 19.6 Å². The van der Waals surface area contributed by atoms with E-state index in [0.717, 1.165) is 22.3 Å². The first kappa shape index (κ1) is 28.6. The van der Waals surface area contributed by atoms with E-state index < -0.39 is 8.07 Å². The predicted octanol–water partition coefficient (Wildman–Crippen LogP) is 9.26. The molecule has 0 saturated carbocycles. The second kappa shape index (κ2) is 10.8. The molecule has 6 aromatic rings. The smallest absolute Gasteiger partial charge is 0.164 e. The summed E-state index contributed by atoms with van der Waals surface area (Å²) >= 11 is 0. The Bertz CT molecular complexity index is 2120. The number of hydrogen-bond acceptors (Lipinski definition) is 4. The normalized spacial score (nSPS) is 13.2. The van der Waals surface area contributed by atoms with Gasteiger partial charge in [-0.3, -0.25) is 0 Å². The summed E-state index contributed by atoms with van der Waals surface area (Å²) in [5.41, 5.74) is 11.0. The van der Waals surface area contributed by atoms with Crippen molar-refractivity contribution in [3.8, 4) is 62.5 Å². The molecule has 0 bridgehead atoms. The molecule has 0 amide bonds. The minimum absolute atomic E-state index is 0.0806. The Kier molecular flexibility index (Phi) is 6.84. The van der Waals surface area contributed by atoms with Gasteiger partial charge in [0, 0.05) is 22.1 Å². The maximum absolute atomic E-state index is 9.28. The molecular formula is C40H34N4Si. The standard InChI is InChI=1S/C40H34N4Si/c1-40(2)35-23-30(18-20-33(35)34-21-19-32(24-36(34)40)45(3,4)5)29-12-9-13-31(22-29)39-43-37(27-10-7-6-8-11-27)42-38(44-39)28-16-14-26(25-41)15-17-28/h6-24H,1-5H3. The first-order chi connectivity index (χ1) is 21.6. The van der Waals surface area contributed by atoms with Crippen LogP contribution in [-0.4, -0.2) is 23.0 Å². The zero-order chi connectivity index (χ0) is 31.3. The average Bonchev–Trinajstić information content (AvgIpc) is 3.30. The summed E-state index contributed by atoms with van der Waals surface area (Å²) in [6.07, 6.45) is 0. The number of rotatable bonds is 5. The number of aromatic nitrogens is 3. The topological polar surface area (TPSA) is 62.5 Å². The van der Waals surface area contributed by atoms with Crippen LogP contribution in [0.3, 0.4) is 0 Å². The highest BCUT2D eigenvalue weighted by atomic mass is 28.3. The van der Waals surface area contributed by atoms with Gasteiger partial charge in [-0.05, 0) is 69.8 Å². The van der Waals surface area contributed by atoms with Crippen LogP contribution in [0.25, 0.3) is 56.4 Å². The first-order valence-corrected chi connectivity index (χ1v) is 18.8. The van der Waals surface area contributed by atoms with Crippen LogP contribution in [0, 0.1) is 11.3 Å². The summed E-state index contributed by atoms with van der Waals surface area (Å²) in [4.78, 5) is 14.7. The molecule has 0 fully saturated rings. The van der Waals surface area contributed by atoms with E-state index in [2.05, 4.69) is 100 Å². The van der Waals surface area contributed by atoms with Gasteiger partial charge in [0.15, 0.2) is 17.5 Å². The van der Waals surface area contributed by atoms with E-state index in [-0.39, 0.29) is 5.41 Å². The fourth-order valence-electron chi connectivity index (χ4n) is 6.27. The molecule has 5 heteroatoms. The SMILES string of the molecule is CC1(C)c2cc(-c3cccc(-c4nc(-c5ccccc5)nc(-c5ccc(C#N)cc5)n4)c3)ccc2-c2ccc([Si](C)(C)C)cc21. The lowest BCUT2D eigenvalue weighted by molar-refractivity contribution is 0.661. The van der Waals surface area contributed by atoms with Crippen LogP contribution >= 0.6 is 0 Å². The highest BCUT2D eigenvalue weighted by molar-refractivity contribution is 6.88. The summed E-state index contributed by atoms with van der Waals surface area (Å²) in [7, 11) is -1.43. The molecule has 4 nitrogen and oxygen atoms in total. The quantitative estimate of drug-likeness (QED) is 0.186. The Morgan fingerprint density at radius 3 is 1.69 bits per heavy atom. The maximum atomic E-state index is 9.28. The summed E-state index contributed by atoms with van der Waals surface area (Å²) < 4.78 is 0. The third-order valence-corrected chi connectivity index (χ3v) is 11.0. The van der Waals surface area contributed by atoms with Crippen LogP contribution in [0.4, 0.5) is 0 Å². The van der Waals surface area contributed by atoms with Gasteiger partial charge in [-0.1, -0.05) is 118 Å². The van der Waals surface area contributed by atoms with Gasteiger partial charge in [0.1, 0.15) is 0 Å². The molecule has 1 aliphatic rings. The largest absolute Gasteiger partial charge is 0.208 e. The van der Waals surface area contributed by atoms with Crippen LogP contribution in [0.15, 0.2) is 115 Å². The third-order valence-electron chi connectivity index (χ3n) is 8.94. The minimum atomic E-state index is -1.43. The average molecular weight is 599 g/mol. The van der Waals surface area contributed by atoms with E-state index in [1.165, 1.54) is 33.0 Å². The molecule has 0 atom stereocenters. The number of nitriles is 1. The van der Waals surface area contributed by atoms with Gasteiger partial charge in [0.05, 0.1) is 19.7 Å².